The van der Waals surface area contributed by atoms with E-state index in [0.717, 1.165) is 37.8 Å². The molecule has 0 bridgehead atoms. The van der Waals surface area contributed by atoms with E-state index in [9.17, 15) is 0 Å². The first kappa shape index (κ1) is 18.0. The van der Waals surface area contributed by atoms with Crippen molar-refractivity contribution in [3.05, 3.63) is 47.5 Å². The minimum absolute atomic E-state index is 0.424. The van der Waals surface area contributed by atoms with E-state index in [1.807, 2.05) is 0 Å². The van der Waals surface area contributed by atoms with E-state index in [0.29, 0.717) is 5.92 Å². The molecule has 2 rings (SSSR count). The summed E-state index contributed by atoms with van der Waals surface area (Å²) < 4.78 is 2.07. The molecule has 1 heterocycles. The molecule has 2 N–H and O–H groups in total. The van der Waals surface area contributed by atoms with Crippen molar-refractivity contribution >= 4 is 5.96 Å². The van der Waals surface area contributed by atoms with E-state index in [1.54, 1.807) is 13.4 Å². The number of aryl methyl sites for hydroxylation is 2. The van der Waals surface area contributed by atoms with Crippen LogP contribution in [0.2, 0.25) is 0 Å². The average molecular weight is 328 g/mol. The highest BCUT2D eigenvalue weighted by atomic mass is 15.3. The Morgan fingerprint density at radius 2 is 2.17 bits per heavy atom. The van der Waals surface area contributed by atoms with Gasteiger partial charge in [-0.15, -0.1) is 10.2 Å². The SMILES string of the molecule is CCc1nncn1CCNC(=NC)NCC(C)c1cccc(C)c1. The van der Waals surface area contributed by atoms with E-state index in [2.05, 4.69) is 75.4 Å². The highest BCUT2D eigenvalue weighted by molar-refractivity contribution is 5.79. The van der Waals surface area contributed by atoms with Crippen LogP contribution in [0.1, 0.15) is 36.7 Å². The molecule has 0 spiro atoms. The van der Waals surface area contributed by atoms with Gasteiger partial charge >= 0.3 is 0 Å². The topological polar surface area (TPSA) is 67.1 Å². The first-order valence-electron chi connectivity index (χ1n) is 8.51. The predicted molar refractivity (Wildman–Crippen MR) is 98.4 cm³/mol. The van der Waals surface area contributed by atoms with E-state index in [-0.39, 0.29) is 0 Å². The van der Waals surface area contributed by atoms with Gasteiger partial charge in [0.2, 0.25) is 0 Å². The van der Waals surface area contributed by atoms with Gasteiger partial charge in [-0.1, -0.05) is 43.7 Å². The Hall–Kier alpha value is -2.37. The molecule has 0 saturated carbocycles. The smallest absolute Gasteiger partial charge is 0.191 e. The molecule has 1 unspecified atom stereocenters. The predicted octanol–water partition coefficient (Wildman–Crippen LogP) is 2.12. The molecule has 1 aromatic heterocycles. The van der Waals surface area contributed by atoms with E-state index in [4.69, 9.17) is 0 Å². The third kappa shape index (κ3) is 5.08. The Morgan fingerprint density at radius 1 is 1.33 bits per heavy atom. The van der Waals surface area contributed by atoms with Gasteiger partial charge in [-0.3, -0.25) is 4.99 Å². The Balaban J connectivity index is 1.78. The molecule has 0 radical (unpaired) electrons. The lowest BCUT2D eigenvalue weighted by atomic mass is 9.99. The van der Waals surface area contributed by atoms with Gasteiger partial charge in [0.05, 0.1) is 0 Å². The zero-order valence-electron chi connectivity index (χ0n) is 15.1. The van der Waals surface area contributed by atoms with Gasteiger partial charge in [0.1, 0.15) is 12.2 Å². The Bertz CT molecular complexity index is 661. The van der Waals surface area contributed by atoms with Crippen molar-refractivity contribution in [1.82, 2.24) is 25.4 Å². The number of rotatable bonds is 7. The molecule has 0 fully saturated rings. The van der Waals surface area contributed by atoms with Crippen molar-refractivity contribution in [2.24, 2.45) is 4.99 Å². The first-order chi connectivity index (χ1) is 11.6. The molecule has 0 amide bonds. The van der Waals surface area contributed by atoms with Gasteiger partial charge in [0.15, 0.2) is 5.96 Å². The minimum Gasteiger partial charge on any atom is -0.356 e. The lowest BCUT2D eigenvalue weighted by Gasteiger charge is -2.17. The fourth-order valence-corrected chi connectivity index (χ4v) is 2.60. The number of nitrogens with zero attached hydrogens (tertiary/aromatic N) is 4. The molecule has 0 aliphatic carbocycles. The van der Waals surface area contributed by atoms with Crippen LogP contribution in [0.3, 0.4) is 0 Å². The summed E-state index contributed by atoms with van der Waals surface area (Å²) in [7, 11) is 1.79. The number of nitrogens with one attached hydrogen (secondary N) is 2. The molecule has 0 saturated heterocycles. The van der Waals surface area contributed by atoms with Crippen molar-refractivity contribution in [2.45, 2.75) is 39.7 Å². The summed E-state index contributed by atoms with van der Waals surface area (Å²) >= 11 is 0. The fraction of sp³-hybridized carbons (Fsp3) is 0.500. The summed E-state index contributed by atoms with van der Waals surface area (Å²) in [4.78, 5) is 4.29. The van der Waals surface area contributed by atoms with Gasteiger partial charge in [-0.25, -0.2) is 0 Å². The van der Waals surface area contributed by atoms with Crippen molar-refractivity contribution < 1.29 is 0 Å². The van der Waals surface area contributed by atoms with Crippen LogP contribution >= 0.6 is 0 Å². The monoisotopic (exact) mass is 328 g/mol. The van der Waals surface area contributed by atoms with Gasteiger partial charge < -0.3 is 15.2 Å². The zero-order valence-corrected chi connectivity index (χ0v) is 15.1. The maximum absolute atomic E-state index is 4.29. The second-order valence-corrected chi connectivity index (χ2v) is 5.99. The zero-order chi connectivity index (χ0) is 17.4. The molecule has 0 aliphatic rings. The Labute approximate surface area is 144 Å². The van der Waals surface area contributed by atoms with E-state index >= 15 is 0 Å². The number of aromatic nitrogens is 3. The number of hydrogen-bond donors (Lipinski definition) is 2. The van der Waals surface area contributed by atoms with Crippen LogP contribution in [-0.2, 0) is 13.0 Å². The molecule has 1 aromatic carbocycles. The third-order valence-corrected chi connectivity index (χ3v) is 4.07. The third-order valence-electron chi connectivity index (χ3n) is 4.07. The second-order valence-electron chi connectivity index (χ2n) is 5.99. The first-order valence-corrected chi connectivity index (χ1v) is 8.51. The highest BCUT2D eigenvalue weighted by Crippen LogP contribution is 2.15. The van der Waals surface area contributed by atoms with Crippen molar-refractivity contribution in [2.75, 3.05) is 20.1 Å². The van der Waals surface area contributed by atoms with Crippen LogP contribution in [-0.4, -0.2) is 40.9 Å². The molecule has 2 aromatic rings. The van der Waals surface area contributed by atoms with Crippen LogP contribution < -0.4 is 10.6 Å². The minimum atomic E-state index is 0.424. The quantitative estimate of drug-likeness (QED) is 0.603. The van der Waals surface area contributed by atoms with E-state index in [1.165, 1.54) is 11.1 Å². The van der Waals surface area contributed by atoms with Crippen LogP contribution in [0, 0.1) is 6.92 Å². The number of benzene rings is 1. The van der Waals surface area contributed by atoms with Gasteiger partial charge in [-0.05, 0) is 18.4 Å². The van der Waals surface area contributed by atoms with Gasteiger partial charge in [0.25, 0.3) is 0 Å². The van der Waals surface area contributed by atoms with Crippen molar-refractivity contribution in [1.29, 1.82) is 0 Å². The fourth-order valence-electron chi connectivity index (χ4n) is 2.60. The number of guanidine groups is 1. The molecule has 24 heavy (non-hydrogen) atoms. The largest absolute Gasteiger partial charge is 0.356 e. The normalized spacial score (nSPS) is 12.9. The second kappa shape index (κ2) is 9.05. The average Bonchev–Trinajstić information content (AvgIpc) is 3.05. The van der Waals surface area contributed by atoms with Crippen molar-refractivity contribution in [3.63, 3.8) is 0 Å². The number of aliphatic imine (C=N–C) groups is 1. The van der Waals surface area contributed by atoms with Gasteiger partial charge in [-0.2, -0.15) is 0 Å². The summed E-state index contributed by atoms with van der Waals surface area (Å²) in [6.07, 6.45) is 2.66. The summed E-state index contributed by atoms with van der Waals surface area (Å²) in [5.74, 6) is 2.25. The van der Waals surface area contributed by atoms with Crippen molar-refractivity contribution in [3.8, 4) is 0 Å². The van der Waals surface area contributed by atoms with Crippen LogP contribution in [0.15, 0.2) is 35.6 Å². The molecular weight excluding hydrogens is 300 g/mol. The van der Waals surface area contributed by atoms with Crippen LogP contribution in [0.5, 0.6) is 0 Å². The summed E-state index contributed by atoms with van der Waals surface area (Å²) in [5.41, 5.74) is 2.64. The summed E-state index contributed by atoms with van der Waals surface area (Å²) in [6.45, 7) is 8.88. The molecule has 0 aliphatic heterocycles. The van der Waals surface area contributed by atoms with Crippen LogP contribution in [0.4, 0.5) is 0 Å². The van der Waals surface area contributed by atoms with Crippen LogP contribution in [0.25, 0.3) is 0 Å². The molecule has 6 heteroatoms. The molecule has 1 atom stereocenters. The maximum atomic E-state index is 4.29. The van der Waals surface area contributed by atoms with E-state index < -0.39 is 0 Å². The Kier molecular flexibility index (Phi) is 6.78. The highest BCUT2D eigenvalue weighted by Gasteiger charge is 2.07. The summed E-state index contributed by atoms with van der Waals surface area (Å²) in [6, 6.07) is 8.65. The lowest BCUT2D eigenvalue weighted by Crippen LogP contribution is -2.40. The number of hydrogen-bond acceptors (Lipinski definition) is 3. The summed E-state index contributed by atoms with van der Waals surface area (Å²) in [5, 5.41) is 14.8. The maximum Gasteiger partial charge on any atom is 0.191 e. The van der Waals surface area contributed by atoms with Gasteiger partial charge in [0, 0.05) is 33.1 Å². The lowest BCUT2D eigenvalue weighted by molar-refractivity contribution is 0.627. The molecule has 6 nitrogen and oxygen atoms in total. The Morgan fingerprint density at radius 3 is 2.88 bits per heavy atom. The molecular formula is C18H28N6. The standard InChI is InChI=1S/C18H28N6/c1-5-17-23-22-13-24(17)10-9-20-18(19-4)21-12-15(3)16-8-6-7-14(2)11-16/h6-8,11,13,15H,5,9-10,12H2,1-4H3,(H2,19,20,21). The molecule has 130 valence electrons.